The zero-order chi connectivity index (χ0) is 18.0. The van der Waals surface area contributed by atoms with Crippen molar-refractivity contribution in [2.45, 2.75) is 25.4 Å². The summed E-state index contributed by atoms with van der Waals surface area (Å²) in [4.78, 5) is 3.06. The molecule has 3 aromatic rings. The topological polar surface area (TPSA) is 88.5 Å². The molecule has 2 aromatic carbocycles. The van der Waals surface area contributed by atoms with Crippen molar-refractivity contribution in [3.63, 3.8) is 0 Å². The number of halogens is 2. The monoisotopic (exact) mass is 380 g/mol. The highest BCUT2D eigenvalue weighted by Gasteiger charge is 2.22. The number of aromatic nitrogens is 1. The highest BCUT2D eigenvalue weighted by atomic mass is 35.5. The molecule has 3 rings (SSSR count). The fraction of sp³-hybridized carbons (Fsp3) is 0.222. The van der Waals surface area contributed by atoms with Crippen LogP contribution in [0.1, 0.15) is 17.5 Å². The molecule has 0 aliphatic carbocycles. The second kappa shape index (κ2) is 7.23. The van der Waals surface area contributed by atoms with Crippen LogP contribution in [0.3, 0.4) is 0 Å². The maximum Gasteiger partial charge on any atom is 0.275 e. The van der Waals surface area contributed by atoms with Gasteiger partial charge in [0.25, 0.3) is 5.97 Å². The number of aliphatic hydroxyl groups is 3. The maximum atomic E-state index is 9.17. The summed E-state index contributed by atoms with van der Waals surface area (Å²) < 4.78 is 0. The fourth-order valence-corrected chi connectivity index (χ4v) is 3.34. The Morgan fingerprint density at radius 1 is 0.960 bits per heavy atom. The van der Waals surface area contributed by atoms with Crippen LogP contribution in [0.4, 0.5) is 5.69 Å². The van der Waals surface area contributed by atoms with E-state index in [9.17, 15) is 15.3 Å². The van der Waals surface area contributed by atoms with E-state index in [-0.39, 0.29) is 12.8 Å². The van der Waals surface area contributed by atoms with Crippen LogP contribution in [-0.4, -0.2) is 26.3 Å². The molecule has 0 fully saturated rings. The predicted molar refractivity (Wildman–Crippen MR) is 99.8 cm³/mol. The Morgan fingerprint density at radius 2 is 1.68 bits per heavy atom. The zero-order valence-electron chi connectivity index (χ0n) is 13.3. The first-order valence-corrected chi connectivity index (χ1v) is 8.54. The minimum absolute atomic E-state index is 0.182. The average Bonchev–Trinajstić information content (AvgIpc) is 2.88. The first-order chi connectivity index (χ1) is 11.8. The first kappa shape index (κ1) is 18.0. The van der Waals surface area contributed by atoms with Gasteiger partial charge in [-0.1, -0.05) is 41.4 Å². The third-order valence-corrected chi connectivity index (χ3v) is 4.70. The summed E-state index contributed by atoms with van der Waals surface area (Å²) in [5.74, 6) is -2.74. The lowest BCUT2D eigenvalue weighted by Gasteiger charge is -2.15. The molecular formula is C18H18Cl2N2O3. The number of nitrogens with one attached hydrogen (secondary N) is 2. The Bertz CT molecular complexity index is 873. The minimum Gasteiger partial charge on any atom is -0.381 e. The minimum atomic E-state index is -2.74. The molecule has 25 heavy (non-hydrogen) atoms. The van der Waals surface area contributed by atoms with Crippen LogP contribution in [-0.2, 0) is 13.0 Å². The van der Waals surface area contributed by atoms with Gasteiger partial charge in [0.05, 0.1) is 0 Å². The average molecular weight is 381 g/mol. The molecule has 0 spiro atoms. The Balaban J connectivity index is 1.97. The van der Waals surface area contributed by atoms with Gasteiger partial charge in [0.15, 0.2) is 0 Å². The van der Waals surface area contributed by atoms with Gasteiger partial charge in [0.2, 0.25) is 0 Å². The van der Waals surface area contributed by atoms with Crippen LogP contribution in [0.2, 0.25) is 10.2 Å². The summed E-state index contributed by atoms with van der Waals surface area (Å²) in [6.07, 6.45) is -0.0846. The number of anilines is 1. The molecule has 1 heterocycles. The van der Waals surface area contributed by atoms with E-state index < -0.39 is 5.97 Å². The number of fused-ring (bicyclic) bond motifs is 1. The molecule has 0 radical (unpaired) electrons. The second-order valence-electron chi connectivity index (χ2n) is 5.86. The number of aryl methyl sites for hydroxylation is 1. The van der Waals surface area contributed by atoms with Gasteiger partial charge in [0, 0.05) is 34.6 Å². The molecule has 0 aliphatic rings. The number of benzene rings is 2. The predicted octanol–water partition coefficient (Wildman–Crippen LogP) is 3.65. The van der Waals surface area contributed by atoms with Gasteiger partial charge in [0.1, 0.15) is 5.15 Å². The van der Waals surface area contributed by atoms with Crippen LogP contribution in [0, 0.1) is 0 Å². The number of para-hydroxylation sites is 1. The van der Waals surface area contributed by atoms with Crippen molar-refractivity contribution >= 4 is 39.8 Å². The van der Waals surface area contributed by atoms with Crippen LogP contribution >= 0.6 is 23.2 Å². The van der Waals surface area contributed by atoms with Gasteiger partial charge in [-0.05, 0) is 41.8 Å². The molecule has 0 atom stereocenters. The quantitative estimate of drug-likeness (QED) is 0.422. The number of hydrogen-bond donors (Lipinski definition) is 5. The Labute approximate surface area is 154 Å². The van der Waals surface area contributed by atoms with Crippen molar-refractivity contribution in [2.24, 2.45) is 0 Å². The lowest BCUT2D eigenvalue weighted by atomic mass is 10.0. The van der Waals surface area contributed by atoms with Crippen molar-refractivity contribution in [1.29, 1.82) is 0 Å². The van der Waals surface area contributed by atoms with Gasteiger partial charge in [-0.2, -0.15) is 0 Å². The highest BCUT2D eigenvalue weighted by Crippen LogP contribution is 2.34. The summed E-state index contributed by atoms with van der Waals surface area (Å²) in [5, 5.41) is 32.6. The van der Waals surface area contributed by atoms with Gasteiger partial charge in [-0.25, -0.2) is 0 Å². The Kier molecular flexibility index (Phi) is 5.22. The molecule has 0 aliphatic heterocycles. The van der Waals surface area contributed by atoms with Crippen LogP contribution < -0.4 is 5.32 Å². The van der Waals surface area contributed by atoms with E-state index >= 15 is 0 Å². The SMILES string of the molecule is OC(O)(O)CCc1c(Cl)[nH]c2ccc(Cl)c(CNc3ccccc3)c12. The Hall–Kier alpha value is -1.76. The lowest BCUT2D eigenvalue weighted by Crippen LogP contribution is -2.27. The maximum absolute atomic E-state index is 9.17. The van der Waals surface area contributed by atoms with E-state index in [0.29, 0.717) is 22.3 Å². The van der Waals surface area contributed by atoms with Crippen molar-refractivity contribution in [3.8, 4) is 0 Å². The summed E-state index contributed by atoms with van der Waals surface area (Å²) in [7, 11) is 0. The van der Waals surface area contributed by atoms with E-state index in [1.807, 2.05) is 36.4 Å². The molecule has 0 bridgehead atoms. The van der Waals surface area contributed by atoms with Gasteiger partial charge in [-0.15, -0.1) is 0 Å². The third-order valence-electron chi connectivity index (χ3n) is 4.02. The van der Waals surface area contributed by atoms with Gasteiger partial charge >= 0.3 is 0 Å². The van der Waals surface area contributed by atoms with Gasteiger partial charge in [-0.3, -0.25) is 0 Å². The third kappa shape index (κ3) is 4.26. The smallest absolute Gasteiger partial charge is 0.275 e. The molecular weight excluding hydrogens is 363 g/mol. The molecule has 5 N–H and O–H groups in total. The standard InChI is InChI=1S/C18H18Cl2N2O3/c19-14-6-7-15-16(12(17(20)22-15)8-9-18(23,24)25)13(14)10-21-11-4-2-1-3-5-11/h1-7,21-25H,8-10H2. The number of rotatable bonds is 6. The van der Waals surface area contributed by atoms with E-state index in [1.165, 1.54) is 0 Å². The zero-order valence-corrected chi connectivity index (χ0v) is 14.8. The highest BCUT2D eigenvalue weighted by molar-refractivity contribution is 6.34. The summed E-state index contributed by atoms with van der Waals surface area (Å²) in [6.45, 7) is 0.476. The van der Waals surface area contributed by atoms with Crippen molar-refractivity contribution in [2.75, 3.05) is 5.32 Å². The first-order valence-electron chi connectivity index (χ1n) is 7.78. The molecule has 7 heteroatoms. The van der Waals surface area contributed by atoms with Crippen molar-refractivity contribution < 1.29 is 15.3 Å². The molecule has 0 saturated carbocycles. The van der Waals surface area contributed by atoms with E-state index in [4.69, 9.17) is 23.2 Å². The summed E-state index contributed by atoms with van der Waals surface area (Å²) in [6, 6.07) is 13.3. The molecule has 1 aromatic heterocycles. The summed E-state index contributed by atoms with van der Waals surface area (Å²) >= 11 is 12.7. The van der Waals surface area contributed by atoms with Crippen LogP contribution in [0.5, 0.6) is 0 Å². The molecule has 0 saturated heterocycles. The van der Waals surface area contributed by atoms with Crippen LogP contribution in [0.25, 0.3) is 10.9 Å². The number of H-pyrrole nitrogens is 1. The molecule has 0 amide bonds. The van der Waals surface area contributed by atoms with Crippen LogP contribution in [0.15, 0.2) is 42.5 Å². The fourth-order valence-electron chi connectivity index (χ4n) is 2.82. The second-order valence-corrected chi connectivity index (χ2v) is 6.65. The van der Waals surface area contributed by atoms with Gasteiger partial charge < -0.3 is 25.6 Å². The largest absolute Gasteiger partial charge is 0.381 e. The van der Waals surface area contributed by atoms with Crippen molar-refractivity contribution in [3.05, 3.63) is 63.8 Å². The lowest BCUT2D eigenvalue weighted by molar-refractivity contribution is -0.314. The normalized spacial score (nSPS) is 11.9. The number of hydrogen-bond acceptors (Lipinski definition) is 4. The Morgan fingerprint density at radius 3 is 2.36 bits per heavy atom. The molecule has 132 valence electrons. The number of aromatic amines is 1. The van der Waals surface area contributed by atoms with E-state index in [1.54, 1.807) is 6.07 Å². The van der Waals surface area contributed by atoms with E-state index in [2.05, 4.69) is 10.3 Å². The van der Waals surface area contributed by atoms with E-state index in [0.717, 1.165) is 22.2 Å². The molecule has 0 unspecified atom stereocenters. The summed E-state index contributed by atoms with van der Waals surface area (Å²) in [5.41, 5.74) is 3.29. The molecule has 5 nitrogen and oxygen atoms in total. The van der Waals surface area contributed by atoms with Crippen molar-refractivity contribution in [1.82, 2.24) is 4.98 Å².